The zero-order valence-electron chi connectivity index (χ0n) is 14.9. The first-order valence-corrected chi connectivity index (χ1v) is 9.80. The van der Waals surface area contributed by atoms with Crippen molar-refractivity contribution in [3.63, 3.8) is 0 Å². The monoisotopic (exact) mass is 357 g/mol. The van der Waals surface area contributed by atoms with Crippen LogP contribution in [0.5, 0.6) is 0 Å². The van der Waals surface area contributed by atoms with Gasteiger partial charge in [0.25, 0.3) is 5.69 Å². The molecule has 0 bridgehead atoms. The number of hydrogen-bond acceptors (Lipinski definition) is 5. The van der Waals surface area contributed by atoms with Crippen molar-refractivity contribution in [2.24, 2.45) is 0 Å². The van der Waals surface area contributed by atoms with E-state index in [0.29, 0.717) is 31.9 Å². The molecule has 0 radical (unpaired) electrons. The molecule has 136 valence electrons. The molecule has 8 heteroatoms. The normalized spacial score (nSPS) is 11.7. The number of nitro groups is 1. The van der Waals surface area contributed by atoms with Crippen LogP contribution in [0.2, 0.25) is 0 Å². The Hall–Kier alpha value is -1.67. The van der Waals surface area contributed by atoms with Crippen LogP contribution in [0.1, 0.15) is 40.5 Å². The molecule has 1 rings (SSSR count). The molecule has 24 heavy (non-hydrogen) atoms. The highest BCUT2D eigenvalue weighted by Crippen LogP contribution is 2.32. The Morgan fingerprint density at radius 3 is 2.17 bits per heavy atom. The summed E-state index contributed by atoms with van der Waals surface area (Å²) in [5.74, 6) is 0. The summed E-state index contributed by atoms with van der Waals surface area (Å²) in [6.07, 6.45) is 1.91. The van der Waals surface area contributed by atoms with Crippen molar-refractivity contribution in [3.05, 3.63) is 28.3 Å². The minimum absolute atomic E-state index is 0.0341. The number of rotatable bonds is 10. The summed E-state index contributed by atoms with van der Waals surface area (Å²) in [6.45, 7) is 9.46. The van der Waals surface area contributed by atoms with E-state index in [-0.39, 0.29) is 10.6 Å². The molecule has 0 aliphatic heterocycles. The van der Waals surface area contributed by atoms with Crippen LogP contribution in [0.25, 0.3) is 0 Å². The van der Waals surface area contributed by atoms with Gasteiger partial charge in [-0.2, -0.15) is 4.31 Å². The SMILES string of the molecule is CCCCN(CC)c1ccc(S(=O)(=O)N(CC)CC)cc1[N+](=O)[O-]. The fraction of sp³-hybridized carbons (Fsp3) is 0.625. The molecule has 0 atom stereocenters. The van der Waals surface area contributed by atoms with Gasteiger partial charge in [-0.1, -0.05) is 27.2 Å². The smallest absolute Gasteiger partial charge is 0.293 e. The topological polar surface area (TPSA) is 83.8 Å². The number of nitro benzene ring substituents is 1. The van der Waals surface area contributed by atoms with Gasteiger partial charge < -0.3 is 4.90 Å². The van der Waals surface area contributed by atoms with Crippen molar-refractivity contribution in [1.82, 2.24) is 4.31 Å². The zero-order chi connectivity index (χ0) is 18.3. The Morgan fingerprint density at radius 2 is 1.71 bits per heavy atom. The third kappa shape index (κ3) is 4.45. The average molecular weight is 357 g/mol. The molecule has 0 saturated heterocycles. The molecule has 0 heterocycles. The molecule has 0 aliphatic carbocycles. The number of nitrogens with zero attached hydrogens (tertiary/aromatic N) is 3. The van der Waals surface area contributed by atoms with E-state index in [1.165, 1.54) is 16.4 Å². The van der Waals surface area contributed by atoms with E-state index in [2.05, 4.69) is 6.92 Å². The summed E-state index contributed by atoms with van der Waals surface area (Å²) in [7, 11) is -3.71. The Morgan fingerprint density at radius 1 is 1.08 bits per heavy atom. The maximum atomic E-state index is 12.6. The standard InChI is InChI=1S/C16H27N3O4S/c1-5-9-12-17(6-2)15-11-10-14(13-16(15)19(20)21)24(22,23)18(7-3)8-4/h10-11,13H,5-9,12H2,1-4H3. The van der Waals surface area contributed by atoms with E-state index < -0.39 is 14.9 Å². The molecule has 1 aromatic carbocycles. The molecular formula is C16H27N3O4S. The molecule has 0 amide bonds. The highest BCUT2D eigenvalue weighted by Gasteiger charge is 2.27. The lowest BCUT2D eigenvalue weighted by Crippen LogP contribution is -2.31. The van der Waals surface area contributed by atoms with Gasteiger partial charge in [-0.05, 0) is 25.5 Å². The summed E-state index contributed by atoms with van der Waals surface area (Å²) in [5.41, 5.74) is 0.302. The average Bonchev–Trinajstić information content (AvgIpc) is 2.56. The van der Waals surface area contributed by atoms with E-state index in [9.17, 15) is 18.5 Å². The lowest BCUT2D eigenvalue weighted by Gasteiger charge is -2.23. The highest BCUT2D eigenvalue weighted by atomic mass is 32.2. The van der Waals surface area contributed by atoms with Crippen molar-refractivity contribution in [1.29, 1.82) is 0 Å². The Kier molecular flexibility index (Phi) is 7.62. The second-order valence-corrected chi connectivity index (χ2v) is 7.37. The van der Waals surface area contributed by atoms with E-state index in [1.807, 2.05) is 11.8 Å². The third-order valence-electron chi connectivity index (χ3n) is 3.99. The van der Waals surface area contributed by atoms with Crippen molar-refractivity contribution >= 4 is 21.4 Å². The molecule has 7 nitrogen and oxygen atoms in total. The van der Waals surface area contributed by atoms with Crippen LogP contribution >= 0.6 is 0 Å². The van der Waals surface area contributed by atoms with E-state index in [0.717, 1.165) is 12.8 Å². The van der Waals surface area contributed by atoms with Crippen LogP contribution in [0, 0.1) is 10.1 Å². The van der Waals surface area contributed by atoms with Crippen LogP contribution in [-0.4, -0.2) is 43.8 Å². The predicted octanol–water partition coefficient (Wildman–Crippen LogP) is 3.25. The summed E-state index contributed by atoms with van der Waals surface area (Å²) in [4.78, 5) is 12.8. The number of sulfonamides is 1. The number of hydrogen-bond donors (Lipinski definition) is 0. The van der Waals surface area contributed by atoms with Gasteiger partial charge in [0, 0.05) is 32.2 Å². The quantitative estimate of drug-likeness (QED) is 0.474. The Labute approximate surface area is 144 Å². The minimum atomic E-state index is -3.71. The van der Waals surface area contributed by atoms with Gasteiger partial charge in [0.05, 0.1) is 9.82 Å². The van der Waals surface area contributed by atoms with E-state index in [4.69, 9.17) is 0 Å². The molecule has 0 aliphatic rings. The minimum Gasteiger partial charge on any atom is -0.366 e. The lowest BCUT2D eigenvalue weighted by molar-refractivity contribution is -0.384. The first-order chi connectivity index (χ1) is 11.3. The van der Waals surface area contributed by atoms with Gasteiger partial charge in [0.2, 0.25) is 10.0 Å². The summed E-state index contributed by atoms with van der Waals surface area (Å²) in [6, 6.07) is 4.19. The molecule has 0 N–H and O–H groups in total. The first-order valence-electron chi connectivity index (χ1n) is 8.36. The molecule has 0 saturated carbocycles. The summed E-state index contributed by atoms with van der Waals surface area (Å²) >= 11 is 0. The molecule has 1 aromatic rings. The number of benzene rings is 1. The van der Waals surface area contributed by atoms with Crippen molar-refractivity contribution in [2.75, 3.05) is 31.1 Å². The van der Waals surface area contributed by atoms with Crippen molar-refractivity contribution in [3.8, 4) is 0 Å². The third-order valence-corrected chi connectivity index (χ3v) is 6.04. The highest BCUT2D eigenvalue weighted by molar-refractivity contribution is 7.89. The van der Waals surface area contributed by atoms with Gasteiger partial charge in [0.1, 0.15) is 5.69 Å². The van der Waals surface area contributed by atoms with E-state index >= 15 is 0 Å². The molecule has 0 unspecified atom stereocenters. The van der Waals surface area contributed by atoms with Crippen LogP contribution in [0.15, 0.2) is 23.1 Å². The van der Waals surface area contributed by atoms with Crippen molar-refractivity contribution < 1.29 is 13.3 Å². The van der Waals surface area contributed by atoms with Crippen LogP contribution in [-0.2, 0) is 10.0 Å². The summed E-state index contributed by atoms with van der Waals surface area (Å²) < 4.78 is 26.5. The van der Waals surface area contributed by atoms with Gasteiger partial charge in [-0.3, -0.25) is 10.1 Å². The molecule has 0 fully saturated rings. The fourth-order valence-corrected chi connectivity index (χ4v) is 4.07. The molecule has 0 aromatic heterocycles. The maximum Gasteiger partial charge on any atom is 0.293 e. The number of anilines is 1. The predicted molar refractivity (Wildman–Crippen MR) is 96.0 cm³/mol. The number of unbranched alkanes of at least 4 members (excludes halogenated alkanes) is 1. The van der Waals surface area contributed by atoms with Crippen molar-refractivity contribution in [2.45, 2.75) is 45.4 Å². The van der Waals surface area contributed by atoms with Gasteiger partial charge in [-0.25, -0.2) is 8.42 Å². The van der Waals surface area contributed by atoms with Gasteiger partial charge in [0.15, 0.2) is 0 Å². The largest absolute Gasteiger partial charge is 0.366 e. The maximum absolute atomic E-state index is 12.6. The lowest BCUT2D eigenvalue weighted by atomic mass is 10.2. The molecular weight excluding hydrogens is 330 g/mol. The summed E-state index contributed by atoms with van der Waals surface area (Å²) in [5, 5.41) is 11.5. The fourth-order valence-electron chi connectivity index (χ4n) is 2.59. The second-order valence-electron chi connectivity index (χ2n) is 5.43. The van der Waals surface area contributed by atoms with Gasteiger partial charge >= 0.3 is 0 Å². The van der Waals surface area contributed by atoms with Crippen LogP contribution in [0.4, 0.5) is 11.4 Å². The van der Waals surface area contributed by atoms with E-state index in [1.54, 1.807) is 19.9 Å². The molecule has 0 spiro atoms. The van der Waals surface area contributed by atoms with Gasteiger partial charge in [-0.15, -0.1) is 0 Å². The zero-order valence-corrected chi connectivity index (χ0v) is 15.7. The Balaban J connectivity index is 3.36. The Bertz CT molecular complexity index is 657. The second kappa shape index (κ2) is 8.98. The van der Waals surface area contributed by atoms with Crippen LogP contribution in [0.3, 0.4) is 0 Å². The van der Waals surface area contributed by atoms with Crippen LogP contribution < -0.4 is 4.90 Å². The first kappa shape index (κ1) is 20.4.